The maximum atomic E-state index is 13.7. The van der Waals surface area contributed by atoms with E-state index in [0.29, 0.717) is 5.69 Å². The molecule has 0 radical (unpaired) electrons. The predicted molar refractivity (Wildman–Crippen MR) is 66.3 cm³/mol. The van der Waals surface area contributed by atoms with Crippen molar-refractivity contribution < 1.29 is 4.39 Å². The van der Waals surface area contributed by atoms with Crippen LogP contribution in [0.5, 0.6) is 0 Å². The van der Waals surface area contributed by atoms with Crippen LogP contribution >= 0.6 is 0 Å². The molecular formula is C13H14FN3O. The number of hydrogen-bond acceptors (Lipinski definition) is 3. The van der Waals surface area contributed by atoms with E-state index >= 15 is 0 Å². The Morgan fingerprint density at radius 1 is 1.39 bits per heavy atom. The fraction of sp³-hybridized carbons (Fsp3) is 0.385. The van der Waals surface area contributed by atoms with E-state index in [1.165, 1.54) is 22.6 Å². The van der Waals surface area contributed by atoms with Gasteiger partial charge in [0.05, 0.1) is 5.69 Å². The molecule has 0 aliphatic carbocycles. The maximum absolute atomic E-state index is 13.7. The lowest BCUT2D eigenvalue weighted by molar-refractivity contribution is 0.452. The number of nitrogens with zero attached hydrogens (tertiary/aromatic N) is 2. The Labute approximate surface area is 103 Å². The summed E-state index contributed by atoms with van der Waals surface area (Å²) in [7, 11) is 0. The molecule has 0 atom stereocenters. The number of fused-ring (bicyclic) bond motifs is 1. The summed E-state index contributed by atoms with van der Waals surface area (Å²) in [5.41, 5.74) is 0.623. The average Bonchev–Trinajstić information content (AvgIpc) is 2.41. The van der Waals surface area contributed by atoms with Crippen molar-refractivity contribution in [3.8, 4) is 0 Å². The van der Waals surface area contributed by atoms with Crippen LogP contribution in [0.3, 0.4) is 0 Å². The van der Waals surface area contributed by atoms with Crippen molar-refractivity contribution in [2.75, 3.05) is 13.1 Å². The minimum atomic E-state index is -0.453. The molecule has 0 spiro atoms. The van der Waals surface area contributed by atoms with Crippen LogP contribution in [0.25, 0.3) is 5.65 Å². The summed E-state index contributed by atoms with van der Waals surface area (Å²) in [6.07, 6.45) is 3.42. The molecule has 5 heteroatoms. The Balaban J connectivity index is 2.14. The van der Waals surface area contributed by atoms with Gasteiger partial charge < -0.3 is 5.32 Å². The van der Waals surface area contributed by atoms with Gasteiger partial charge in [-0.25, -0.2) is 9.37 Å². The van der Waals surface area contributed by atoms with Gasteiger partial charge in [0.1, 0.15) is 0 Å². The van der Waals surface area contributed by atoms with Gasteiger partial charge in [0.15, 0.2) is 11.5 Å². The highest BCUT2D eigenvalue weighted by molar-refractivity contribution is 5.40. The van der Waals surface area contributed by atoms with E-state index in [2.05, 4.69) is 10.3 Å². The number of aromatic nitrogens is 2. The van der Waals surface area contributed by atoms with Crippen LogP contribution in [-0.4, -0.2) is 22.5 Å². The van der Waals surface area contributed by atoms with Crippen molar-refractivity contribution >= 4 is 5.65 Å². The molecule has 4 nitrogen and oxygen atoms in total. The van der Waals surface area contributed by atoms with Crippen LogP contribution in [0.1, 0.15) is 24.5 Å². The van der Waals surface area contributed by atoms with Gasteiger partial charge in [-0.1, -0.05) is 0 Å². The van der Waals surface area contributed by atoms with Gasteiger partial charge in [0.25, 0.3) is 5.56 Å². The number of halogens is 1. The molecule has 0 amide bonds. The third-order valence-electron chi connectivity index (χ3n) is 3.42. The van der Waals surface area contributed by atoms with Crippen LogP contribution < -0.4 is 10.9 Å². The fourth-order valence-corrected chi connectivity index (χ4v) is 2.44. The Hall–Kier alpha value is -1.75. The normalized spacial score (nSPS) is 17.2. The van der Waals surface area contributed by atoms with Crippen LogP contribution in [0.2, 0.25) is 0 Å². The van der Waals surface area contributed by atoms with Crippen molar-refractivity contribution in [3.63, 3.8) is 0 Å². The van der Waals surface area contributed by atoms with Gasteiger partial charge in [-0.05, 0) is 38.1 Å². The van der Waals surface area contributed by atoms with Gasteiger partial charge in [0, 0.05) is 18.2 Å². The monoisotopic (exact) mass is 247 g/mol. The lowest BCUT2D eigenvalue weighted by Crippen LogP contribution is -2.28. The molecule has 94 valence electrons. The lowest BCUT2D eigenvalue weighted by Gasteiger charge is -2.22. The lowest BCUT2D eigenvalue weighted by atomic mass is 9.94. The van der Waals surface area contributed by atoms with E-state index < -0.39 is 5.82 Å². The van der Waals surface area contributed by atoms with E-state index in [9.17, 15) is 9.18 Å². The van der Waals surface area contributed by atoms with Crippen molar-refractivity contribution in [2.24, 2.45) is 0 Å². The quantitative estimate of drug-likeness (QED) is 0.826. The van der Waals surface area contributed by atoms with E-state index in [4.69, 9.17) is 0 Å². The highest BCUT2D eigenvalue weighted by atomic mass is 19.1. The Morgan fingerprint density at radius 3 is 2.94 bits per heavy atom. The van der Waals surface area contributed by atoms with Crippen molar-refractivity contribution in [2.45, 2.75) is 18.8 Å². The summed E-state index contributed by atoms with van der Waals surface area (Å²) < 4.78 is 14.9. The summed E-state index contributed by atoms with van der Waals surface area (Å²) in [5.74, 6) is -0.200. The summed E-state index contributed by atoms with van der Waals surface area (Å²) in [6, 6.07) is 4.37. The first-order valence-corrected chi connectivity index (χ1v) is 6.14. The molecule has 2 aromatic rings. The summed E-state index contributed by atoms with van der Waals surface area (Å²) in [5, 5.41) is 3.26. The Morgan fingerprint density at radius 2 is 2.17 bits per heavy atom. The van der Waals surface area contributed by atoms with Crippen LogP contribution in [0.4, 0.5) is 4.39 Å². The fourth-order valence-electron chi connectivity index (χ4n) is 2.44. The van der Waals surface area contributed by atoms with Crippen LogP contribution in [0, 0.1) is 5.82 Å². The zero-order valence-electron chi connectivity index (χ0n) is 9.90. The van der Waals surface area contributed by atoms with Gasteiger partial charge in [-0.2, -0.15) is 0 Å². The SMILES string of the molecule is O=c1cc(C2CCNCC2)nc2c(F)cccn12. The number of nitrogens with one attached hydrogen (secondary N) is 1. The molecule has 1 fully saturated rings. The first kappa shape index (κ1) is 11.3. The Bertz CT molecular complexity index is 632. The molecule has 3 rings (SSSR count). The smallest absolute Gasteiger partial charge is 0.258 e. The summed E-state index contributed by atoms with van der Waals surface area (Å²) in [4.78, 5) is 16.3. The van der Waals surface area contributed by atoms with Crippen LogP contribution in [-0.2, 0) is 0 Å². The summed E-state index contributed by atoms with van der Waals surface area (Å²) >= 11 is 0. The topological polar surface area (TPSA) is 46.4 Å². The second kappa shape index (κ2) is 4.49. The van der Waals surface area contributed by atoms with E-state index in [1.54, 1.807) is 6.20 Å². The third-order valence-corrected chi connectivity index (χ3v) is 3.42. The van der Waals surface area contributed by atoms with E-state index in [-0.39, 0.29) is 17.1 Å². The second-order valence-corrected chi connectivity index (χ2v) is 4.59. The molecule has 1 aliphatic heterocycles. The molecule has 0 saturated carbocycles. The van der Waals surface area contributed by atoms with Crippen LogP contribution in [0.15, 0.2) is 29.2 Å². The number of piperidine rings is 1. The van der Waals surface area contributed by atoms with E-state index in [0.717, 1.165) is 25.9 Å². The van der Waals surface area contributed by atoms with Crippen molar-refractivity contribution in [1.82, 2.24) is 14.7 Å². The third kappa shape index (κ3) is 1.90. The molecule has 0 aromatic carbocycles. The molecule has 3 heterocycles. The Kier molecular flexibility index (Phi) is 2.83. The molecule has 1 saturated heterocycles. The second-order valence-electron chi connectivity index (χ2n) is 4.59. The zero-order valence-corrected chi connectivity index (χ0v) is 9.90. The minimum Gasteiger partial charge on any atom is -0.317 e. The zero-order chi connectivity index (χ0) is 12.5. The number of hydrogen-bond donors (Lipinski definition) is 1. The molecule has 0 unspecified atom stereocenters. The van der Waals surface area contributed by atoms with Gasteiger partial charge in [0.2, 0.25) is 0 Å². The molecule has 0 bridgehead atoms. The van der Waals surface area contributed by atoms with Gasteiger partial charge in [-0.15, -0.1) is 0 Å². The highest BCUT2D eigenvalue weighted by Crippen LogP contribution is 2.23. The van der Waals surface area contributed by atoms with Gasteiger partial charge >= 0.3 is 0 Å². The molecule has 18 heavy (non-hydrogen) atoms. The summed E-state index contributed by atoms with van der Waals surface area (Å²) in [6.45, 7) is 1.84. The largest absolute Gasteiger partial charge is 0.317 e. The molecule has 1 N–H and O–H groups in total. The van der Waals surface area contributed by atoms with E-state index in [1.807, 2.05) is 0 Å². The maximum Gasteiger partial charge on any atom is 0.258 e. The molecular weight excluding hydrogens is 233 g/mol. The molecule has 2 aromatic heterocycles. The minimum absolute atomic E-state index is 0.124. The number of pyridine rings is 1. The van der Waals surface area contributed by atoms with Gasteiger partial charge in [-0.3, -0.25) is 9.20 Å². The first-order chi connectivity index (χ1) is 8.75. The number of rotatable bonds is 1. The van der Waals surface area contributed by atoms with Crippen molar-refractivity contribution in [1.29, 1.82) is 0 Å². The molecule has 1 aliphatic rings. The van der Waals surface area contributed by atoms with Crippen molar-refractivity contribution in [3.05, 3.63) is 46.3 Å². The highest BCUT2D eigenvalue weighted by Gasteiger charge is 2.18. The average molecular weight is 247 g/mol. The first-order valence-electron chi connectivity index (χ1n) is 6.14. The predicted octanol–water partition coefficient (Wildman–Crippen LogP) is 1.30. The standard InChI is InChI=1S/C13H14FN3O/c14-10-2-1-7-17-12(18)8-11(16-13(10)17)9-3-5-15-6-4-9/h1-2,7-9,15H,3-6H2.